The molecule has 0 amide bonds. The first-order chi connectivity index (χ1) is 7.59. The van der Waals surface area contributed by atoms with Crippen molar-refractivity contribution in [3.05, 3.63) is 21.6 Å². The lowest BCUT2D eigenvalue weighted by Gasteiger charge is -2.33. The molecule has 1 N–H and O–H groups in total. The molecule has 88 valence electrons. The van der Waals surface area contributed by atoms with Gasteiger partial charge in [-0.1, -0.05) is 11.6 Å². The zero-order chi connectivity index (χ0) is 11.7. The summed E-state index contributed by atoms with van der Waals surface area (Å²) >= 11 is 6.04. The largest absolute Gasteiger partial charge is 0.366 e. The molecular formula is C10H15ClN4O. The Bertz CT molecular complexity index is 445. The number of anilines is 1. The highest BCUT2D eigenvalue weighted by Crippen LogP contribution is 2.21. The highest BCUT2D eigenvalue weighted by atomic mass is 35.5. The molecule has 1 aliphatic heterocycles. The van der Waals surface area contributed by atoms with Gasteiger partial charge in [0.25, 0.3) is 5.56 Å². The quantitative estimate of drug-likeness (QED) is 0.766. The molecule has 1 unspecified atom stereocenters. The highest BCUT2D eigenvalue weighted by molar-refractivity contribution is 6.33. The van der Waals surface area contributed by atoms with Gasteiger partial charge in [0.1, 0.15) is 5.02 Å². The first kappa shape index (κ1) is 11.4. The van der Waals surface area contributed by atoms with E-state index < -0.39 is 0 Å². The van der Waals surface area contributed by atoms with Crippen LogP contribution in [0.1, 0.15) is 6.92 Å². The maximum atomic E-state index is 11.6. The Balaban J connectivity index is 2.33. The topological polar surface area (TPSA) is 50.2 Å². The van der Waals surface area contributed by atoms with Crippen LogP contribution >= 0.6 is 11.6 Å². The summed E-state index contributed by atoms with van der Waals surface area (Å²) in [6, 6.07) is 0.397. The standard InChI is InChI=1S/C10H15ClN4O/c1-7-6-15(4-3-12-7)8-5-13-14(2)10(16)9(8)11/h5,7,12H,3-4,6H2,1-2H3. The molecule has 16 heavy (non-hydrogen) atoms. The van der Waals surface area contributed by atoms with Crippen LogP contribution in [-0.4, -0.2) is 35.5 Å². The second kappa shape index (κ2) is 4.43. The second-order valence-electron chi connectivity index (χ2n) is 4.07. The van der Waals surface area contributed by atoms with Crippen molar-refractivity contribution in [3.63, 3.8) is 0 Å². The van der Waals surface area contributed by atoms with Crippen molar-refractivity contribution >= 4 is 17.3 Å². The average Bonchev–Trinajstić information content (AvgIpc) is 2.26. The molecule has 1 aliphatic rings. The van der Waals surface area contributed by atoms with E-state index in [1.807, 2.05) is 0 Å². The number of aryl methyl sites for hydroxylation is 1. The van der Waals surface area contributed by atoms with E-state index >= 15 is 0 Å². The van der Waals surface area contributed by atoms with Gasteiger partial charge in [-0.2, -0.15) is 5.10 Å². The number of nitrogens with one attached hydrogen (secondary N) is 1. The molecule has 5 nitrogen and oxygen atoms in total. The number of hydrogen-bond acceptors (Lipinski definition) is 4. The van der Waals surface area contributed by atoms with Gasteiger partial charge < -0.3 is 10.2 Å². The lowest BCUT2D eigenvalue weighted by atomic mass is 10.2. The molecule has 0 radical (unpaired) electrons. The van der Waals surface area contributed by atoms with Crippen molar-refractivity contribution in [1.29, 1.82) is 0 Å². The third kappa shape index (κ3) is 2.05. The van der Waals surface area contributed by atoms with E-state index in [4.69, 9.17) is 11.6 Å². The van der Waals surface area contributed by atoms with Crippen LogP contribution in [0.15, 0.2) is 11.0 Å². The minimum Gasteiger partial charge on any atom is -0.366 e. The number of hydrogen-bond donors (Lipinski definition) is 1. The number of piperazine rings is 1. The van der Waals surface area contributed by atoms with Crippen LogP contribution in [-0.2, 0) is 7.05 Å². The zero-order valence-corrected chi connectivity index (χ0v) is 10.2. The molecule has 0 saturated carbocycles. The summed E-state index contributed by atoms with van der Waals surface area (Å²) in [4.78, 5) is 13.7. The Kier molecular flexibility index (Phi) is 3.16. The minimum absolute atomic E-state index is 0.245. The molecule has 1 fully saturated rings. The number of nitrogens with zero attached hydrogens (tertiary/aromatic N) is 3. The molecule has 0 aliphatic carbocycles. The Morgan fingerprint density at radius 1 is 1.62 bits per heavy atom. The number of aromatic nitrogens is 2. The third-order valence-electron chi connectivity index (χ3n) is 2.77. The lowest BCUT2D eigenvalue weighted by Crippen LogP contribution is -2.49. The smallest absolute Gasteiger partial charge is 0.287 e. The van der Waals surface area contributed by atoms with E-state index in [9.17, 15) is 4.79 Å². The fraction of sp³-hybridized carbons (Fsp3) is 0.600. The van der Waals surface area contributed by atoms with Crippen LogP contribution in [0.2, 0.25) is 5.02 Å². The van der Waals surface area contributed by atoms with Gasteiger partial charge in [-0.15, -0.1) is 0 Å². The van der Waals surface area contributed by atoms with E-state index in [0.717, 1.165) is 25.3 Å². The van der Waals surface area contributed by atoms with Gasteiger partial charge in [0.2, 0.25) is 0 Å². The van der Waals surface area contributed by atoms with Crippen molar-refractivity contribution in [3.8, 4) is 0 Å². The van der Waals surface area contributed by atoms with Crippen molar-refractivity contribution in [2.75, 3.05) is 24.5 Å². The van der Waals surface area contributed by atoms with Crippen molar-refractivity contribution in [1.82, 2.24) is 15.1 Å². The Hall–Kier alpha value is -1.07. The number of halogens is 1. The predicted molar refractivity (Wildman–Crippen MR) is 64.2 cm³/mol. The van der Waals surface area contributed by atoms with Gasteiger partial charge >= 0.3 is 0 Å². The van der Waals surface area contributed by atoms with Crippen LogP contribution in [0.25, 0.3) is 0 Å². The van der Waals surface area contributed by atoms with Gasteiger partial charge in [-0.05, 0) is 6.92 Å². The van der Waals surface area contributed by atoms with Crippen molar-refractivity contribution < 1.29 is 0 Å². The van der Waals surface area contributed by atoms with E-state index in [-0.39, 0.29) is 10.6 Å². The van der Waals surface area contributed by atoms with Crippen LogP contribution in [0, 0.1) is 0 Å². The van der Waals surface area contributed by atoms with Crippen LogP contribution in [0.4, 0.5) is 5.69 Å². The van der Waals surface area contributed by atoms with Crippen molar-refractivity contribution in [2.45, 2.75) is 13.0 Å². The Morgan fingerprint density at radius 2 is 2.38 bits per heavy atom. The number of rotatable bonds is 1. The summed E-state index contributed by atoms with van der Waals surface area (Å²) in [7, 11) is 1.60. The summed E-state index contributed by atoms with van der Waals surface area (Å²) < 4.78 is 1.25. The van der Waals surface area contributed by atoms with E-state index in [1.54, 1.807) is 13.2 Å². The molecule has 1 atom stereocenters. The fourth-order valence-corrected chi connectivity index (χ4v) is 2.16. The van der Waals surface area contributed by atoms with E-state index in [2.05, 4.69) is 22.2 Å². The van der Waals surface area contributed by atoms with Crippen LogP contribution in [0.3, 0.4) is 0 Å². The van der Waals surface area contributed by atoms with Gasteiger partial charge in [0.05, 0.1) is 11.9 Å². The summed E-state index contributed by atoms with van der Waals surface area (Å²) in [6.07, 6.45) is 1.65. The SMILES string of the molecule is CC1CN(c2cnn(C)c(=O)c2Cl)CCN1. The van der Waals surface area contributed by atoms with E-state index in [1.165, 1.54) is 4.68 Å². The zero-order valence-electron chi connectivity index (χ0n) is 9.40. The summed E-state index contributed by atoms with van der Waals surface area (Å²) in [6.45, 7) is 4.69. The first-order valence-electron chi connectivity index (χ1n) is 5.29. The molecule has 1 aromatic rings. The molecule has 1 saturated heterocycles. The van der Waals surface area contributed by atoms with E-state index in [0.29, 0.717) is 6.04 Å². The van der Waals surface area contributed by atoms with Gasteiger partial charge in [0, 0.05) is 32.7 Å². The maximum Gasteiger partial charge on any atom is 0.287 e. The molecule has 1 aromatic heterocycles. The summed E-state index contributed by atoms with van der Waals surface area (Å²) in [5.41, 5.74) is 0.489. The minimum atomic E-state index is -0.245. The van der Waals surface area contributed by atoms with Crippen LogP contribution < -0.4 is 15.8 Å². The first-order valence-corrected chi connectivity index (χ1v) is 5.67. The molecule has 2 rings (SSSR count). The van der Waals surface area contributed by atoms with Gasteiger partial charge in [0.15, 0.2) is 0 Å². The highest BCUT2D eigenvalue weighted by Gasteiger charge is 2.19. The maximum absolute atomic E-state index is 11.6. The average molecular weight is 243 g/mol. The molecule has 0 spiro atoms. The summed E-state index contributed by atoms with van der Waals surface area (Å²) in [5, 5.41) is 7.59. The fourth-order valence-electron chi connectivity index (χ4n) is 1.87. The Morgan fingerprint density at radius 3 is 3.06 bits per heavy atom. The third-order valence-corrected chi connectivity index (χ3v) is 3.12. The normalized spacial score (nSPS) is 21.2. The molecule has 6 heteroatoms. The predicted octanol–water partition coefficient (Wildman–Crippen LogP) is 0.232. The molecule has 0 bridgehead atoms. The summed E-state index contributed by atoms with van der Waals surface area (Å²) in [5.74, 6) is 0. The monoisotopic (exact) mass is 242 g/mol. The Labute approximate surface area is 99.0 Å². The molecule has 2 heterocycles. The van der Waals surface area contributed by atoms with Crippen molar-refractivity contribution in [2.24, 2.45) is 7.05 Å². The van der Waals surface area contributed by atoms with Gasteiger partial charge in [-0.25, -0.2) is 4.68 Å². The molecule has 0 aromatic carbocycles. The van der Waals surface area contributed by atoms with Gasteiger partial charge in [-0.3, -0.25) is 4.79 Å². The molecular weight excluding hydrogens is 228 g/mol. The lowest BCUT2D eigenvalue weighted by molar-refractivity contribution is 0.483. The second-order valence-corrected chi connectivity index (χ2v) is 4.45. The van der Waals surface area contributed by atoms with Crippen LogP contribution in [0.5, 0.6) is 0 Å².